The SMILES string of the molecule is COc1cccc(C(Cc2cc([N+](=O)[O-])c(O)cc2O)C(=O)O)c1. The van der Waals surface area contributed by atoms with Crippen LogP contribution in [0.15, 0.2) is 36.4 Å². The number of nitro benzene ring substituents is 1. The van der Waals surface area contributed by atoms with Gasteiger partial charge in [-0.1, -0.05) is 12.1 Å². The van der Waals surface area contributed by atoms with Crippen molar-refractivity contribution in [1.82, 2.24) is 0 Å². The fourth-order valence-electron chi connectivity index (χ4n) is 2.34. The molecule has 8 nitrogen and oxygen atoms in total. The average molecular weight is 333 g/mol. The first-order chi connectivity index (χ1) is 11.3. The number of aromatic hydroxyl groups is 2. The molecule has 0 bridgehead atoms. The summed E-state index contributed by atoms with van der Waals surface area (Å²) < 4.78 is 5.06. The fraction of sp³-hybridized carbons (Fsp3) is 0.188. The van der Waals surface area contributed by atoms with Gasteiger partial charge in [-0.15, -0.1) is 0 Å². The maximum atomic E-state index is 11.6. The number of nitro groups is 1. The molecule has 8 heteroatoms. The molecule has 0 aliphatic heterocycles. The highest BCUT2D eigenvalue weighted by Gasteiger charge is 2.25. The van der Waals surface area contributed by atoms with E-state index >= 15 is 0 Å². The molecule has 2 rings (SSSR count). The summed E-state index contributed by atoms with van der Waals surface area (Å²) in [6, 6.07) is 8.23. The average Bonchev–Trinajstić information content (AvgIpc) is 2.53. The lowest BCUT2D eigenvalue weighted by molar-refractivity contribution is -0.385. The van der Waals surface area contributed by atoms with E-state index in [1.165, 1.54) is 7.11 Å². The number of aliphatic carboxylic acids is 1. The number of carboxylic acid groups (broad SMARTS) is 1. The Morgan fingerprint density at radius 2 is 1.96 bits per heavy atom. The highest BCUT2D eigenvalue weighted by Crippen LogP contribution is 2.36. The molecule has 1 atom stereocenters. The molecule has 0 spiro atoms. The third-order valence-corrected chi connectivity index (χ3v) is 3.59. The van der Waals surface area contributed by atoms with Crippen LogP contribution in [-0.2, 0) is 11.2 Å². The number of methoxy groups -OCH3 is 1. The van der Waals surface area contributed by atoms with Crippen LogP contribution in [0.2, 0.25) is 0 Å². The highest BCUT2D eigenvalue weighted by atomic mass is 16.6. The Morgan fingerprint density at radius 1 is 1.25 bits per heavy atom. The maximum absolute atomic E-state index is 11.6. The summed E-state index contributed by atoms with van der Waals surface area (Å²) in [5.41, 5.74) is -0.121. The first kappa shape index (κ1) is 17.1. The molecule has 0 saturated heterocycles. The third-order valence-electron chi connectivity index (χ3n) is 3.59. The molecule has 3 N–H and O–H groups in total. The van der Waals surface area contributed by atoms with E-state index in [0.29, 0.717) is 11.3 Å². The van der Waals surface area contributed by atoms with Crippen molar-refractivity contribution in [2.75, 3.05) is 7.11 Å². The summed E-state index contributed by atoms with van der Waals surface area (Å²) in [6.07, 6.45) is -0.185. The van der Waals surface area contributed by atoms with Crippen LogP contribution >= 0.6 is 0 Å². The van der Waals surface area contributed by atoms with Crippen molar-refractivity contribution in [1.29, 1.82) is 0 Å². The van der Waals surface area contributed by atoms with Gasteiger partial charge in [-0.2, -0.15) is 0 Å². The van der Waals surface area contributed by atoms with Gasteiger partial charge >= 0.3 is 11.7 Å². The Hall–Kier alpha value is -3.29. The van der Waals surface area contributed by atoms with Crippen LogP contribution in [0.1, 0.15) is 17.0 Å². The van der Waals surface area contributed by atoms with Gasteiger partial charge in [0.25, 0.3) is 0 Å². The minimum Gasteiger partial charge on any atom is -0.508 e. The maximum Gasteiger partial charge on any atom is 0.311 e. The van der Waals surface area contributed by atoms with Gasteiger partial charge in [0, 0.05) is 17.7 Å². The van der Waals surface area contributed by atoms with Crippen molar-refractivity contribution in [2.24, 2.45) is 0 Å². The summed E-state index contributed by atoms with van der Waals surface area (Å²) in [4.78, 5) is 21.7. The lowest BCUT2D eigenvalue weighted by Crippen LogP contribution is -2.14. The Kier molecular flexibility index (Phi) is 4.88. The van der Waals surface area contributed by atoms with Crippen LogP contribution < -0.4 is 4.74 Å². The van der Waals surface area contributed by atoms with Gasteiger partial charge in [0.1, 0.15) is 11.5 Å². The zero-order valence-electron chi connectivity index (χ0n) is 12.7. The van der Waals surface area contributed by atoms with Gasteiger partial charge in [-0.25, -0.2) is 0 Å². The van der Waals surface area contributed by atoms with E-state index in [9.17, 15) is 30.2 Å². The zero-order valence-corrected chi connectivity index (χ0v) is 12.7. The van der Waals surface area contributed by atoms with Crippen LogP contribution in [0.25, 0.3) is 0 Å². The predicted octanol–water partition coefficient (Wildman–Crippen LogP) is 2.43. The second-order valence-corrected chi connectivity index (χ2v) is 5.10. The van der Waals surface area contributed by atoms with Crippen LogP contribution in [0.3, 0.4) is 0 Å². The van der Waals surface area contributed by atoms with Gasteiger partial charge in [0.05, 0.1) is 18.0 Å². The summed E-state index contributed by atoms with van der Waals surface area (Å²) in [7, 11) is 1.45. The molecule has 0 aliphatic rings. The quantitative estimate of drug-likeness (QED) is 0.546. The van der Waals surface area contributed by atoms with Gasteiger partial charge < -0.3 is 20.1 Å². The molecule has 0 aliphatic carbocycles. The normalized spacial score (nSPS) is 11.7. The number of nitrogens with zero attached hydrogens (tertiary/aromatic N) is 1. The van der Waals surface area contributed by atoms with E-state index in [1.54, 1.807) is 24.3 Å². The third kappa shape index (κ3) is 3.54. The van der Waals surface area contributed by atoms with Crippen molar-refractivity contribution >= 4 is 11.7 Å². The monoisotopic (exact) mass is 333 g/mol. The molecule has 0 amide bonds. The largest absolute Gasteiger partial charge is 0.508 e. The van der Waals surface area contributed by atoms with E-state index in [4.69, 9.17) is 4.74 Å². The second-order valence-electron chi connectivity index (χ2n) is 5.10. The van der Waals surface area contributed by atoms with Crippen LogP contribution in [-0.4, -0.2) is 33.3 Å². The molecule has 0 radical (unpaired) electrons. The predicted molar refractivity (Wildman–Crippen MR) is 83.5 cm³/mol. The molecule has 24 heavy (non-hydrogen) atoms. The summed E-state index contributed by atoms with van der Waals surface area (Å²) in [6.45, 7) is 0. The van der Waals surface area contributed by atoms with Crippen LogP contribution in [0.4, 0.5) is 5.69 Å². The van der Waals surface area contributed by atoms with Gasteiger partial charge in [0.15, 0.2) is 5.75 Å². The molecule has 0 saturated carbocycles. The fourth-order valence-corrected chi connectivity index (χ4v) is 2.34. The Bertz CT molecular complexity index is 788. The summed E-state index contributed by atoms with van der Waals surface area (Å²) in [5, 5.41) is 39.7. The topological polar surface area (TPSA) is 130 Å². The molecule has 2 aromatic rings. The number of carboxylic acids is 1. The number of hydrogen-bond donors (Lipinski definition) is 3. The second kappa shape index (κ2) is 6.86. The highest BCUT2D eigenvalue weighted by molar-refractivity contribution is 5.77. The van der Waals surface area contributed by atoms with E-state index in [0.717, 1.165) is 12.1 Å². The molecular formula is C16H15NO7. The number of hydrogen-bond acceptors (Lipinski definition) is 6. The Labute approximate surface area is 136 Å². The Morgan fingerprint density at radius 3 is 2.54 bits per heavy atom. The lowest BCUT2D eigenvalue weighted by atomic mass is 9.91. The van der Waals surface area contributed by atoms with Crippen LogP contribution in [0.5, 0.6) is 17.2 Å². The molecule has 0 aromatic heterocycles. The molecule has 0 heterocycles. The van der Waals surface area contributed by atoms with Crippen molar-refractivity contribution in [3.05, 3.63) is 57.6 Å². The number of ether oxygens (including phenoxy) is 1. The lowest BCUT2D eigenvalue weighted by Gasteiger charge is -2.15. The van der Waals surface area contributed by atoms with E-state index in [2.05, 4.69) is 0 Å². The molecule has 2 aromatic carbocycles. The van der Waals surface area contributed by atoms with Crippen LogP contribution in [0, 0.1) is 10.1 Å². The zero-order chi connectivity index (χ0) is 17.9. The van der Waals surface area contributed by atoms with Gasteiger partial charge in [0.2, 0.25) is 0 Å². The molecular weight excluding hydrogens is 318 g/mol. The van der Waals surface area contributed by atoms with Crippen molar-refractivity contribution in [3.63, 3.8) is 0 Å². The van der Waals surface area contributed by atoms with E-state index < -0.39 is 34.0 Å². The van der Waals surface area contributed by atoms with Crippen molar-refractivity contribution < 1.29 is 29.8 Å². The van der Waals surface area contributed by atoms with Gasteiger partial charge in [-0.05, 0) is 24.1 Å². The summed E-state index contributed by atoms with van der Waals surface area (Å²) in [5.74, 6) is -2.82. The minimum absolute atomic E-state index is 0.0507. The number of rotatable bonds is 6. The molecule has 126 valence electrons. The Balaban J connectivity index is 2.43. The number of benzene rings is 2. The van der Waals surface area contributed by atoms with Crippen molar-refractivity contribution in [3.8, 4) is 17.2 Å². The van der Waals surface area contributed by atoms with E-state index in [-0.39, 0.29) is 12.0 Å². The van der Waals surface area contributed by atoms with Crippen molar-refractivity contribution in [2.45, 2.75) is 12.3 Å². The number of phenolic OH excluding ortho intramolecular Hbond substituents is 2. The first-order valence-corrected chi connectivity index (χ1v) is 6.89. The minimum atomic E-state index is -1.15. The standard InChI is InChI=1S/C16H15NO7/c1-24-11-4-2-3-9(5-11)12(16(20)21)6-10-7-13(17(22)23)15(19)8-14(10)18/h2-5,7-8,12,18-19H,6H2,1H3,(H,20,21). The number of carbonyl (C=O) groups is 1. The number of phenols is 2. The van der Waals surface area contributed by atoms with E-state index in [1.807, 2.05) is 0 Å². The molecule has 0 fully saturated rings. The summed E-state index contributed by atoms with van der Waals surface area (Å²) >= 11 is 0. The smallest absolute Gasteiger partial charge is 0.311 e. The van der Waals surface area contributed by atoms with Gasteiger partial charge in [-0.3, -0.25) is 14.9 Å². The first-order valence-electron chi connectivity index (χ1n) is 6.89. The molecule has 1 unspecified atom stereocenters.